The van der Waals surface area contributed by atoms with Gasteiger partial charge in [0.05, 0.1) is 23.3 Å². The number of rotatable bonds is 5. The van der Waals surface area contributed by atoms with E-state index in [1.807, 2.05) is 32.9 Å². The second-order valence-corrected chi connectivity index (χ2v) is 7.08. The van der Waals surface area contributed by atoms with Crippen molar-refractivity contribution in [2.45, 2.75) is 32.5 Å². The molecule has 1 aromatic heterocycles. The highest BCUT2D eigenvalue weighted by molar-refractivity contribution is 6.32. The third-order valence-corrected chi connectivity index (χ3v) is 3.88. The maximum absolute atomic E-state index is 10.1. The second-order valence-electron chi connectivity index (χ2n) is 6.67. The van der Waals surface area contributed by atoms with Crippen LogP contribution < -0.4 is 4.90 Å². The van der Waals surface area contributed by atoms with E-state index >= 15 is 0 Å². The van der Waals surface area contributed by atoms with Crippen LogP contribution >= 0.6 is 11.6 Å². The van der Waals surface area contributed by atoms with E-state index in [-0.39, 0.29) is 5.60 Å². The van der Waals surface area contributed by atoms with Gasteiger partial charge < -0.3 is 14.7 Å². The molecule has 6 heteroatoms. The molecular formula is C16H26ClN3O2. The first kappa shape index (κ1) is 17.5. The summed E-state index contributed by atoms with van der Waals surface area (Å²) >= 11 is 6.19. The van der Waals surface area contributed by atoms with E-state index in [2.05, 4.69) is 14.8 Å². The van der Waals surface area contributed by atoms with E-state index in [1.54, 1.807) is 6.20 Å². The molecule has 2 rings (SSSR count). The zero-order valence-corrected chi connectivity index (χ0v) is 14.4. The van der Waals surface area contributed by atoms with Gasteiger partial charge in [0.1, 0.15) is 5.82 Å². The van der Waals surface area contributed by atoms with E-state index in [4.69, 9.17) is 16.3 Å². The highest BCUT2D eigenvalue weighted by atomic mass is 35.5. The van der Waals surface area contributed by atoms with Crippen molar-refractivity contribution in [3.63, 3.8) is 0 Å². The van der Waals surface area contributed by atoms with Gasteiger partial charge in [-0.25, -0.2) is 4.98 Å². The minimum atomic E-state index is -0.454. The molecule has 0 bridgehead atoms. The lowest BCUT2D eigenvalue weighted by Crippen LogP contribution is -2.49. The third-order valence-electron chi connectivity index (χ3n) is 3.59. The van der Waals surface area contributed by atoms with Crippen LogP contribution in [0, 0.1) is 0 Å². The summed E-state index contributed by atoms with van der Waals surface area (Å²) in [4.78, 5) is 8.80. The van der Waals surface area contributed by atoms with Crippen molar-refractivity contribution >= 4 is 17.4 Å². The van der Waals surface area contributed by atoms with E-state index in [1.165, 1.54) is 0 Å². The molecule has 1 aliphatic rings. The number of β-amino-alcohol motifs (C(OH)–C–C–N with tert-alkyl or cyclic N) is 1. The normalized spacial score (nSPS) is 18.5. The van der Waals surface area contributed by atoms with Crippen LogP contribution in [0.1, 0.15) is 20.8 Å². The Balaban J connectivity index is 1.77. The van der Waals surface area contributed by atoms with Crippen molar-refractivity contribution in [3.8, 4) is 0 Å². The van der Waals surface area contributed by atoms with Crippen LogP contribution in [-0.2, 0) is 4.74 Å². The SMILES string of the molecule is CC(C)(C)OCC(O)CN1CCN(c2ncccc2Cl)CC1. The van der Waals surface area contributed by atoms with E-state index in [0.29, 0.717) is 18.2 Å². The number of piperazine rings is 1. The van der Waals surface area contributed by atoms with Gasteiger partial charge in [-0.15, -0.1) is 0 Å². The molecule has 0 radical (unpaired) electrons. The largest absolute Gasteiger partial charge is 0.389 e. The first-order chi connectivity index (χ1) is 10.3. The molecule has 0 saturated carbocycles. The highest BCUT2D eigenvalue weighted by Crippen LogP contribution is 2.23. The van der Waals surface area contributed by atoms with Crippen molar-refractivity contribution < 1.29 is 9.84 Å². The first-order valence-corrected chi connectivity index (χ1v) is 8.13. The lowest BCUT2D eigenvalue weighted by atomic mass is 10.2. The summed E-state index contributed by atoms with van der Waals surface area (Å²) in [6.45, 7) is 10.5. The molecule has 2 heterocycles. The van der Waals surface area contributed by atoms with Gasteiger partial charge >= 0.3 is 0 Å². The topological polar surface area (TPSA) is 48.8 Å². The van der Waals surface area contributed by atoms with Crippen LogP contribution in [-0.4, -0.2) is 66.0 Å². The molecule has 1 atom stereocenters. The van der Waals surface area contributed by atoms with Crippen LogP contribution in [0.3, 0.4) is 0 Å². The molecule has 0 aromatic carbocycles. The maximum atomic E-state index is 10.1. The molecule has 124 valence electrons. The Morgan fingerprint density at radius 3 is 2.59 bits per heavy atom. The van der Waals surface area contributed by atoms with Crippen molar-refractivity contribution in [2.75, 3.05) is 44.2 Å². The lowest BCUT2D eigenvalue weighted by molar-refractivity contribution is -0.0563. The zero-order valence-electron chi connectivity index (χ0n) is 13.6. The fourth-order valence-corrected chi connectivity index (χ4v) is 2.69. The first-order valence-electron chi connectivity index (χ1n) is 7.75. The van der Waals surface area contributed by atoms with E-state index < -0.39 is 6.10 Å². The Bertz CT molecular complexity index is 471. The number of aromatic nitrogens is 1. The fourth-order valence-electron chi connectivity index (χ4n) is 2.45. The number of halogens is 1. The summed E-state index contributed by atoms with van der Waals surface area (Å²) in [5.74, 6) is 0.848. The predicted octanol–water partition coefficient (Wildman–Crippen LogP) is 2.03. The summed E-state index contributed by atoms with van der Waals surface area (Å²) in [7, 11) is 0. The molecule has 1 saturated heterocycles. The molecule has 22 heavy (non-hydrogen) atoms. The maximum Gasteiger partial charge on any atom is 0.147 e. The van der Waals surface area contributed by atoms with Crippen molar-refractivity contribution in [2.24, 2.45) is 0 Å². The highest BCUT2D eigenvalue weighted by Gasteiger charge is 2.22. The van der Waals surface area contributed by atoms with Crippen LogP contribution in [0.2, 0.25) is 5.02 Å². The minimum Gasteiger partial charge on any atom is -0.389 e. The molecule has 0 amide bonds. The van der Waals surface area contributed by atoms with Gasteiger partial charge in [0.15, 0.2) is 0 Å². The Hall–Kier alpha value is -0.880. The van der Waals surface area contributed by atoms with Crippen molar-refractivity contribution in [1.29, 1.82) is 0 Å². The number of aliphatic hydroxyl groups excluding tert-OH is 1. The minimum absolute atomic E-state index is 0.213. The van der Waals surface area contributed by atoms with Crippen LogP contribution in [0.15, 0.2) is 18.3 Å². The predicted molar refractivity (Wildman–Crippen MR) is 89.6 cm³/mol. The fraction of sp³-hybridized carbons (Fsp3) is 0.688. The number of pyridine rings is 1. The summed E-state index contributed by atoms with van der Waals surface area (Å²) < 4.78 is 5.62. The Labute approximate surface area is 137 Å². The Morgan fingerprint density at radius 2 is 2.00 bits per heavy atom. The summed E-state index contributed by atoms with van der Waals surface area (Å²) in [5.41, 5.74) is -0.213. The van der Waals surface area contributed by atoms with Crippen molar-refractivity contribution in [3.05, 3.63) is 23.4 Å². The number of anilines is 1. The van der Waals surface area contributed by atoms with Crippen LogP contribution in [0.5, 0.6) is 0 Å². The van der Waals surface area contributed by atoms with E-state index in [0.717, 1.165) is 32.0 Å². The number of hydrogen-bond donors (Lipinski definition) is 1. The quantitative estimate of drug-likeness (QED) is 0.896. The number of nitrogens with zero attached hydrogens (tertiary/aromatic N) is 3. The molecule has 1 aromatic rings. The number of ether oxygens (including phenoxy) is 1. The molecule has 1 aliphatic heterocycles. The molecule has 1 unspecified atom stereocenters. The van der Waals surface area contributed by atoms with Gasteiger partial charge in [-0.3, -0.25) is 4.90 Å². The molecular weight excluding hydrogens is 302 g/mol. The lowest BCUT2D eigenvalue weighted by Gasteiger charge is -2.36. The standard InChI is InChI=1S/C16H26ClN3O2/c1-16(2,3)22-12-13(21)11-19-7-9-20(10-8-19)15-14(17)5-4-6-18-15/h4-6,13,21H,7-12H2,1-3H3. The Kier molecular flexibility index (Phi) is 6.03. The monoisotopic (exact) mass is 327 g/mol. The molecule has 5 nitrogen and oxygen atoms in total. The number of hydrogen-bond acceptors (Lipinski definition) is 5. The second kappa shape index (κ2) is 7.59. The Morgan fingerprint density at radius 1 is 1.32 bits per heavy atom. The van der Waals surface area contributed by atoms with Gasteiger partial charge in [-0.1, -0.05) is 11.6 Å². The van der Waals surface area contributed by atoms with E-state index in [9.17, 15) is 5.11 Å². The average Bonchev–Trinajstić information content (AvgIpc) is 2.46. The van der Waals surface area contributed by atoms with Crippen LogP contribution in [0.25, 0.3) is 0 Å². The summed E-state index contributed by atoms with van der Waals surface area (Å²) in [6, 6.07) is 3.71. The zero-order chi connectivity index (χ0) is 16.2. The molecule has 0 aliphatic carbocycles. The van der Waals surface area contributed by atoms with Gasteiger partial charge in [0.25, 0.3) is 0 Å². The molecule has 1 N–H and O–H groups in total. The van der Waals surface area contributed by atoms with Gasteiger partial charge in [-0.2, -0.15) is 0 Å². The van der Waals surface area contributed by atoms with Gasteiger partial charge in [-0.05, 0) is 32.9 Å². The summed E-state index contributed by atoms with van der Waals surface area (Å²) in [5, 5.41) is 10.8. The molecule has 0 spiro atoms. The van der Waals surface area contributed by atoms with Gasteiger partial charge in [0, 0.05) is 38.9 Å². The summed E-state index contributed by atoms with van der Waals surface area (Å²) in [6.07, 6.45) is 1.31. The number of aliphatic hydroxyl groups is 1. The van der Waals surface area contributed by atoms with Crippen molar-refractivity contribution in [1.82, 2.24) is 9.88 Å². The third kappa shape index (κ3) is 5.39. The molecule has 1 fully saturated rings. The smallest absolute Gasteiger partial charge is 0.147 e. The van der Waals surface area contributed by atoms with Crippen LogP contribution in [0.4, 0.5) is 5.82 Å². The average molecular weight is 328 g/mol. The van der Waals surface area contributed by atoms with Gasteiger partial charge in [0.2, 0.25) is 0 Å².